The van der Waals surface area contributed by atoms with Gasteiger partial charge in [-0.05, 0) is 66.4 Å². The number of hydrogen-bond acceptors (Lipinski definition) is 7. The Kier molecular flexibility index (Phi) is 9.04. The van der Waals surface area contributed by atoms with E-state index in [0.29, 0.717) is 40.6 Å². The first-order valence-electron chi connectivity index (χ1n) is 19.6. The van der Waals surface area contributed by atoms with E-state index in [9.17, 15) is 0 Å². The van der Waals surface area contributed by atoms with Gasteiger partial charge in [0.2, 0.25) is 0 Å². The summed E-state index contributed by atoms with van der Waals surface area (Å²) < 4.78 is 6.73. The lowest BCUT2D eigenvalue weighted by atomic mass is 9.85. The third kappa shape index (κ3) is 6.95. The average Bonchev–Trinajstić information content (AvgIpc) is 3.31. The van der Waals surface area contributed by atoms with Gasteiger partial charge >= 0.3 is 0 Å². The summed E-state index contributed by atoms with van der Waals surface area (Å²) in [5.41, 5.74) is 9.79. The van der Waals surface area contributed by atoms with Crippen molar-refractivity contribution in [2.24, 2.45) is 0 Å². The van der Waals surface area contributed by atoms with Gasteiger partial charge in [-0.25, -0.2) is 34.7 Å². The minimum atomic E-state index is -0.659. The maximum atomic E-state index is 7.60. The molecule has 0 atom stereocenters. The van der Waals surface area contributed by atoms with Gasteiger partial charge in [-0.3, -0.25) is 0 Å². The minimum Gasteiger partial charge on any atom is -0.483 e. The van der Waals surface area contributed by atoms with Crippen LogP contribution in [0.2, 0.25) is 0 Å². The van der Waals surface area contributed by atoms with E-state index in [2.05, 4.69) is 35.2 Å². The predicted molar refractivity (Wildman–Crippen MR) is 237 cm³/mol. The van der Waals surface area contributed by atoms with Gasteiger partial charge in [0.1, 0.15) is 11.4 Å². The van der Waals surface area contributed by atoms with E-state index in [0.717, 1.165) is 66.9 Å². The van der Waals surface area contributed by atoms with Crippen LogP contribution in [0.3, 0.4) is 0 Å². The second kappa shape index (κ2) is 15.0. The molecular formula is C52H35N7O. The highest BCUT2D eigenvalue weighted by Crippen LogP contribution is 2.48. The topological polar surface area (TPSA) is 90.9 Å². The lowest BCUT2D eigenvalue weighted by molar-refractivity contribution is 0.106. The summed E-state index contributed by atoms with van der Waals surface area (Å²) in [5, 5.41) is 0. The lowest BCUT2D eigenvalue weighted by Crippen LogP contribution is -2.29. The summed E-state index contributed by atoms with van der Waals surface area (Å²) in [6, 6.07) is 58.2. The highest BCUT2D eigenvalue weighted by atomic mass is 16.5. The molecule has 1 aliphatic rings. The van der Waals surface area contributed by atoms with E-state index in [1.54, 1.807) is 0 Å². The molecule has 3 heterocycles. The van der Waals surface area contributed by atoms with E-state index in [1.807, 2.05) is 159 Å². The summed E-state index contributed by atoms with van der Waals surface area (Å²) in [4.78, 5) is 34.0. The Morgan fingerprint density at radius 2 is 0.767 bits per heavy atom. The van der Waals surface area contributed by atoms with E-state index >= 15 is 0 Å². The standard InChI is InChI=1S/C52H35N7O/c1-52(2)44-32-41(53-3)25-27-42(44)43-26-24-37(31-45(43)60-52)38-28-39(50-56-46(33-16-8-4-9-17-33)54-47(57-50)34-18-10-5-11-19-34)30-40(29-38)51-58-48(35-20-12-6-13-21-35)55-49(59-51)36-22-14-7-15-23-36/h4-32H,1-2H3. The number of rotatable bonds is 7. The Morgan fingerprint density at radius 3 is 1.18 bits per heavy atom. The minimum absolute atomic E-state index is 0.506. The zero-order chi connectivity index (χ0) is 40.6. The first kappa shape index (κ1) is 36.2. The molecular weight excluding hydrogens is 739 g/mol. The molecule has 8 nitrogen and oxygen atoms in total. The first-order valence-corrected chi connectivity index (χ1v) is 19.6. The van der Waals surface area contributed by atoms with Crippen LogP contribution >= 0.6 is 0 Å². The van der Waals surface area contributed by atoms with Gasteiger partial charge in [0.05, 0.1) is 6.57 Å². The van der Waals surface area contributed by atoms with E-state index in [1.165, 1.54) is 0 Å². The largest absolute Gasteiger partial charge is 0.483 e. The average molecular weight is 774 g/mol. The van der Waals surface area contributed by atoms with Gasteiger partial charge in [-0.1, -0.05) is 146 Å². The van der Waals surface area contributed by atoms with E-state index in [4.69, 9.17) is 41.2 Å². The van der Waals surface area contributed by atoms with Crippen molar-refractivity contribution in [3.8, 4) is 96.3 Å². The highest BCUT2D eigenvalue weighted by molar-refractivity contribution is 5.85. The van der Waals surface area contributed by atoms with E-state index in [-0.39, 0.29) is 0 Å². The summed E-state index contributed by atoms with van der Waals surface area (Å²) in [6.07, 6.45) is 0. The van der Waals surface area contributed by atoms with E-state index < -0.39 is 5.60 Å². The molecule has 8 heteroatoms. The van der Waals surface area contributed by atoms with Crippen LogP contribution in [0.25, 0.3) is 95.4 Å². The number of ether oxygens (including phenoxy) is 1. The van der Waals surface area contributed by atoms with Gasteiger partial charge in [0.25, 0.3) is 0 Å². The van der Waals surface area contributed by atoms with Gasteiger partial charge in [-0.2, -0.15) is 0 Å². The number of aromatic nitrogens is 6. The fourth-order valence-electron chi connectivity index (χ4n) is 7.60. The van der Waals surface area contributed by atoms with Crippen molar-refractivity contribution < 1.29 is 4.74 Å². The Balaban J connectivity index is 1.20. The first-order chi connectivity index (χ1) is 29.4. The second-order valence-corrected chi connectivity index (χ2v) is 15.0. The van der Waals surface area contributed by atoms with Crippen molar-refractivity contribution in [2.75, 3.05) is 0 Å². The molecule has 0 fully saturated rings. The van der Waals surface area contributed by atoms with Gasteiger partial charge in [0.15, 0.2) is 40.6 Å². The smallest absolute Gasteiger partial charge is 0.187 e. The maximum absolute atomic E-state index is 7.60. The third-order valence-corrected chi connectivity index (χ3v) is 10.6. The molecule has 60 heavy (non-hydrogen) atoms. The van der Waals surface area contributed by atoms with Crippen molar-refractivity contribution in [1.82, 2.24) is 29.9 Å². The van der Waals surface area contributed by atoms with Crippen LogP contribution in [0.1, 0.15) is 19.4 Å². The van der Waals surface area contributed by atoms with Crippen molar-refractivity contribution in [3.63, 3.8) is 0 Å². The second-order valence-electron chi connectivity index (χ2n) is 15.0. The molecule has 0 spiro atoms. The predicted octanol–water partition coefficient (Wildman–Crippen LogP) is 12.6. The molecule has 284 valence electrons. The molecule has 0 unspecified atom stereocenters. The quantitative estimate of drug-likeness (QED) is 0.149. The van der Waals surface area contributed by atoms with Crippen LogP contribution in [-0.2, 0) is 5.60 Å². The Morgan fingerprint density at radius 1 is 0.383 bits per heavy atom. The Labute approximate surface area is 347 Å². The van der Waals surface area contributed by atoms with Crippen LogP contribution in [0.5, 0.6) is 5.75 Å². The fraction of sp³-hybridized carbons (Fsp3) is 0.0577. The van der Waals surface area contributed by atoms with Gasteiger partial charge in [0, 0.05) is 38.9 Å². The molecule has 10 rings (SSSR count). The molecule has 9 aromatic rings. The number of benzene rings is 7. The molecule has 0 radical (unpaired) electrons. The van der Waals surface area contributed by atoms with Crippen molar-refractivity contribution in [2.45, 2.75) is 19.4 Å². The summed E-state index contributed by atoms with van der Waals surface area (Å²) in [7, 11) is 0. The summed E-state index contributed by atoms with van der Waals surface area (Å²) in [5.74, 6) is 4.02. The number of hydrogen-bond donors (Lipinski definition) is 0. The molecule has 0 N–H and O–H groups in total. The van der Waals surface area contributed by atoms with Crippen molar-refractivity contribution in [3.05, 3.63) is 193 Å². The fourth-order valence-corrected chi connectivity index (χ4v) is 7.60. The van der Waals surface area contributed by atoms with Crippen LogP contribution < -0.4 is 4.74 Å². The highest BCUT2D eigenvalue weighted by Gasteiger charge is 2.33. The SMILES string of the molecule is [C-]#[N+]c1ccc2c(c1)C(C)(C)Oc1cc(-c3cc(-c4nc(-c5ccccc5)nc(-c5ccccc5)n4)cc(-c4nc(-c5ccccc5)nc(-c5ccccc5)n4)c3)ccc1-2. The van der Waals surface area contributed by atoms with Crippen molar-refractivity contribution >= 4 is 5.69 Å². The molecule has 0 amide bonds. The normalized spacial score (nSPS) is 12.4. The maximum Gasteiger partial charge on any atom is 0.187 e. The van der Waals surface area contributed by atoms with Crippen LogP contribution in [0.4, 0.5) is 5.69 Å². The van der Waals surface area contributed by atoms with Gasteiger partial charge in [-0.15, -0.1) is 0 Å². The van der Waals surface area contributed by atoms with Crippen LogP contribution in [0.15, 0.2) is 176 Å². The van der Waals surface area contributed by atoms with Crippen molar-refractivity contribution in [1.29, 1.82) is 0 Å². The molecule has 2 aromatic heterocycles. The zero-order valence-corrected chi connectivity index (χ0v) is 32.8. The van der Waals surface area contributed by atoms with Crippen LogP contribution in [-0.4, -0.2) is 29.9 Å². The number of nitrogens with zero attached hydrogens (tertiary/aromatic N) is 7. The number of fused-ring (bicyclic) bond motifs is 3. The third-order valence-electron chi connectivity index (χ3n) is 10.6. The zero-order valence-electron chi connectivity index (χ0n) is 32.8. The molecule has 0 saturated carbocycles. The Bertz CT molecular complexity index is 2830. The summed E-state index contributed by atoms with van der Waals surface area (Å²) in [6.45, 7) is 11.7. The molecule has 7 aromatic carbocycles. The van der Waals surface area contributed by atoms with Gasteiger partial charge < -0.3 is 4.74 Å². The molecule has 0 aliphatic carbocycles. The monoisotopic (exact) mass is 773 g/mol. The molecule has 0 saturated heterocycles. The molecule has 0 bridgehead atoms. The van der Waals surface area contributed by atoms with Crippen LogP contribution in [0, 0.1) is 6.57 Å². The Hall–Kier alpha value is -8.15. The summed E-state index contributed by atoms with van der Waals surface area (Å²) >= 11 is 0. The lowest BCUT2D eigenvalue weighted by Gasteiger charge is -2.35. The molecule has 1 aliphatic heterocycles.